The molecule has 408 valence electrons. The predicted octanol–water partition coefficient (Wildman–Crippen LogP) is 9.33. The van der Waals surface area contributed by atoms with Crippen molar-refractivity contribution in [3.05, 3.63) is 95.7 Å². The van der Waals surface area contributed by atoms with Crippen LogP contribution in [0.1, 0.15) is 155 Å². The van der Waals surface area contributed by atoms with Gasteiger partial charge in [-0.3, -0.25) is 23.2 Å². The number of carbonyl (C=O) groups is 2. The molecule has 21 heteroatoms. The summed E-state index contributed by atoms with van der Waals surface area (Å²) in [5.74, 6) is -0.667. The van der Waals surface area contributed by atoms with Gasteiger partial charge in [-0.25, -0.2) is 13.9 Å². The Hall–Kier alpha value is -3.84. The Bertz CT molecular complexity index is 2020. The van der Waals surface area contributed by atoms with Crippen molar-refractivity contribution in [1.82, 2.24) is 9.55 Å². The second kappa shape index (κ2) is 37.8. The lowest BCUT2D eigenvalue weighted by Gasteiger charge is -2.21. The van der Waals surface area contributed by atoms with Gasteiger partial charge in [0.05, 0.1) is 19.3 Å². The highest BCUT2D eigenvalue weighted by atomic mass is 31.3. The summed E-state index contributed by atoms with van der Waals surface area (Å²) in [5, 5.41) is 30.8. The minimum Gasteiger partial charge on any atom is -0.462 e. The highest BCUT2D eigenvalue weighted by Crippen LogP contribution is 2.60. The second-order valence-electron chi connectivity index (χ2n) is 18.0. The largest absolute Gasteiger partial charge is 0.481 e. The maximum atomic E-state index is 12.8. The average Bonchev–Trinajstić information content (AvgIpc) is 3.60. The number of aliphatic hydroxyl groups is 3. The molecule has 1 aliphatic heterocycles. The first-order valence-electron chi connectivity index (χ1n) is 25.4. The lowest BCUT2D eigenvalue weighted by molar-refractivity contribution is -0.161. The highest BCUT2D eigenvalue weighted by molar-refractivity contribution is 7.61. The molecule has 7 N–H and O–H groups in total. The summed E-state index contributed by atoms with van der Waals surface area (Å²) >= 11 is 0. The number of nitrogen functional groups attached to an aromatic ring is 1. The van der Waals surface area contributed by atoms with Crippen LogP contribution >= 0.6 is 15.6 Å². The van der Waals surface area contributed by atoms with Crippen LogP contribution in [0.2, 0.25) is 0 Å². The molecule has 1 aliphatic rings. The van der Waals surface area contributed by atoms with Gasteiger partial charge >= 0.3 is 33.3 Å². The number of ether oxygens (including phenoxy) is 3. The Balaban J connectivity index is 1.85. The number of hydrogen-bond acceptors (Lipinski definition) is 16. The molecule has 0 aromatic carbocycles. The number of nitrogens with two attached hydrogens (primary N) is 1. The number of anilines is 1. The van der Waals surface area contributed by atoms with E-state index >= 15 is 0 Å². The van der Waals surface area contributed by atoms with Crippen molar-refractivity contribution in [2.75, 3.05) is 25.6 Å². The van der Waals surface area contributed by atoms with Crippen molar-refractivity contribution in [2.24, 2.45) is 5.92 Å². The van der Waals surface area contributed by atoms with Gasteiger partial charge in [0.25, 0.3) is 0 Å². The van der Waals surface area contributed by atoms with Gasteiger partial charge in [-0.15, -0.1) is 0 Å². The van der Waals surface area contributed by atoms with Gasteiger partial charge in [0.2, 0.25) is 0 Å². The number of allylic oxidation sites excluding steroid dienone is 10. The number of phosphoric ester groups is 2. The first kappa shape index (κ1) is 64.3. The summed E-state index contributed by atoms with van der Waals surface area (Å²) in [5.41, 5.74) is 4.58. The molecule has 72 heavy (non-hydrogen) atoms. The molecular formula is C51H83N3O16P2. The third-order valence-corrected chi connectivity index (χ3v) is 13.7. The van der Waals surface area contributed by atoms with Crippen LogP contribution in [-0.4, -0.2) is 96.9 Å². The van der Waals surface area contributed by atoms with Gasteiger partial charge in [-0.1, -0.05) is 164 Å². The molecule has 1 saturated heterocycles. The van der Waals surface area contributed by atoms with Gasteiger partial charge in [-0.05, 0) is 56.9 Å². The molecule has 0 saturated carbocycles. The van der Waals surface area contributed by atoms with E-state index in [9.17, 15) is 48.6 Å². The molecule has 2 rings (SSSR count). The number of rotatable bonds is 40. The number of carbonyl (C=O) groups excluding carboxylic acids is 2. The van der Waals surface area contributed by atoms with Crippen molar-refractivity contribution in [3.8, 4) is 0 Å². The van der Waals surface area contributed by atoms with Gasteiger partial charge in [0.15, 0.2) is 12.3 Å². The van der Waals surface area contributed by atoms with Crippen LogP contribution in [0.25, 0.3) is 0 Å². The van der Waals surface area contributed by atoms with Crippen molar-refractivity contribution in [2.45, 2.75) is 186 Å². The Morgan fingerprint density at radius 2 is 1.38 bits per heavy atom. The van der Waals surface area contributed by atoms with Gasteiger partial charge in [-0.2, -0.15) is 9.29 Å². The fraction of sp³-hybridized carbons (Fsp3) is 0.647. The number of aromatic nitrogens is 2. The molecular weight excluding hydrogens is 973 g/mol. The van der Waals surface area contributed by atoms with Gasteiger partial charge < -0.3 is 45.1 Å². The van der Waals surface area contributed by atoms with Crippen molar-refractivity contribution >= 4 is 33.4 Å². The van der Waals surface area contributed by atoms with E-state index < -0.39 is 89.8 Å². The monoisotopic (exact) mass is 1060 g/mol. The zero-order chi connectivity index (χ0) is 53.0. The van der Waals surface area contributed by atoms with E-state index in [0.29, 0.717) is 25.7 Å². The fourth-order valence-electron chi connectivity index (χ4n) is 7.14. The van der Waals surface area contributed by atoms with E-state index in [1.807, 2.05) is 67.7 Å². The van der Waals surface area contributed by atoms with E-state index in [2.05, 4.69) is 23.1 Å². The SMILES string of the molecule is CC/C=C\CC(O)/C=C/C=C/C/C=C\C/C=C\C/C=C\CCC(=O)O[C@H](COC(=O)CCCCCCCCCCCCCC(C)C)COP(=O)(O)OP(=O)(O)OC[C@H]1O[C@@H](n2ccc(N)nc2=O)[C@H](O)[C@@H]1O. The first-order chi connectivity index (χ1) is 34.4. The van der Waals surface area contributed by atoms with Crippen molar-refractivity contribution in [1.29, 1.82) is 0 Å². The van der Waals surface area contributed by atoms with Crippen LogP contribution in [0.4, 0.5) is 5.82 Å². The molecule has 0 bridgehead atoms. The summed E-state index contributed by atoms with van der Waals surface area (Å²) in [6.07, 6.45) is 33.4. The van der Waals surface area contributed by atoms with E-state index in [4.69, 9.17) is 29.0 Å². The van der Waals surface area contributed by atoms with E-state index in [1.54, 1.807) is 12.2 Å². The third-order valence-electron chi connectivity index (χ3n) is 11.1. The Labute approximate surface area is 426 Å². The summed E-state index contributed by atoms with van der Waals surface area (Å²) < 4.78 is 56.7. The quantitative estimate of drug-likeness (QED) is 0.0117. The smallest absolute Gasteiger partial charge is 0.462 e. The van der Waals surface area contributed by atoms with E-state index in [1.165, 1.54) is 51.0 Å². The minimum absolute atomic E-state index is 0.0929. The van der Waals surface area contributed by atoms with Crippen LogP contribution in [0, 0.1) is 5.92 Å². The standard InChI is InChI=1S/C51H83N3O16P2/c1-4-5-26-32-42(55)33-28-23-19-15-11-7-6-8-12-17-21-25-30-35-47(57)68-43(38-65-46(56)34-29-24-20-16-13-9-10-14-18-22-27-31-41(2)3)39-66-71(61,62)70-72(63,64)67-40-44-48(58)49(59)50(69-44)54-37-36-45(52)53-51(54)60/h5,7-8,11-12,19,21,23,25-26,28,33,36-37,41-44,48-50,55,58-59H,4,6,9-10,13-18,20,22,24,27,29-32,34-35,38-40H2,1-3H3,(H,61,62)(H,63,64)(H2,52,53,60)/b11-7-,12-8-,23-19+,25-21-,26-5-,33-28+/t42?,43-,44-,48-,49-,50-/m1/s1. The third kappa shape index (κ3) is 31.0. The van der Waals surface area contributed by atoms with Gasteiger partial charge in [0.1, 0.15) is 30.7 Å². The number of nitrogens with zero attached hydrogens (tertiary/aromatic N) is 2. The fourth-order valence-corrected chi connectivity index (χ4v) is 9.25. The van der Waals surface area contributed by atoms with Crippen LogP contribution in [0.3, 0.4) is 0 Å². The topological polar surface area (TPSA) is 286 Å². The molecule has 0 radical (unpaired) electrons. The molecule has 1 aromatic rings. The van der Waals surface area contributed by atoms with Crippen LogP contribution < -0.4 is 11.4 Å². The predicted molar refractivity (Wildman–Crippen MR) is 276 cm³/mol. The summed E-state index contributed by atoms with van der Waals surface area (Å²) in [4.78, 5) is 61.9. The number of hydrogen-bond donors (Lipinski definition) is 6. The molecule has 0 amide bonds. The number of esters is 2. The Morgan fingerprint density at radius 1 is 0.778 bits per heavy atom. The second-order valence-corrected chi connectivity index (χ2v) is 21.0. The Kier molecular flexibility index (Phi) is 33.8. The zero-order valence-electron chi connectivity index (χ0n) is 42.5. The molecule has 0 spiro atoms. The zero-order valence-corrected chi connectivity index (χ0v) is 44.3. The Morgan fingerprint density at radius 3 is 2.00 bits per heavy atom. The minimum atomic E-state index is -5.45. The average molecular weight is 1060 g/mol. The summed E-state index contributed by atoms with van der Waals surface area (Å²) in [7, 11) is -10.9. The lowest BCUT2D eigenvalue weighted by Crippen LogP contribution is -2.36. The molecule has 3 unspecified atom stereocenters. The van der Waals surface area contributed by atoms with Crippen LogP contribution in [0.15, 0.2) is 90.0 Å². The highest BCUT2D eigenvalue weighted by Gasteiger charge is 2.46. The normalized spacial score (nSPS) is 20.2. The number of unbranched alkanes of at least 4 members (excludes halogenated alkanes) is 10. The maximum Gasteiger partial charge on any atom is 0.481 e. The number of phosphoric acid groups is 2. The van der Waals surface area contributed by atoms with Crippen LogP contribution in [0.5, 0.6) is 0 Å². The lowest BCUT2D eigenvalue weighted by atomic mass is 10.0. The van der Waals surface area contributed by atoms with E-state index in [-0.39, 0.29) is 18.7 Å². The maximum absolute atomic E-state index is 12.8. The first-order valence-corrected chi connectivity index (χ1v) is 28.4. The van der Waals surface area contributed by atoms with Crippen molar-refractivity contribution in [3.63, 3.8) is 0 Å². The number of aliphatic hydroxyl groups excluding tert-OH is 3. The van der Waals surface area contributed by atoms with Gasteiger partial charge in [0, 0.05) is 19.0 Å². The molecule has 19 nitrogen and oxygen atoms in total. The molecule has 1 fully saturated rings. The van der Waals surface area contributed by atoms with E-state index in [0.717, 1.165) is 61.6 Å². The van der Waals surface area contributed by atoms with Crippen LogP contribution in [-0.2, 0) is 46.3 Å². The molecule has 8 atom stereocenters. The molecule has 1 aromatic heterocycles. The molecule has 2 heterocycles. The van der Waals surface area contributed by atoms with Crippen molar-refractivity contribution < 1.29 is 71.4 Å². The summed E-state index contributed by atoms with van der Waals surface area (Å²) in [6, 6.07) is 1.24. The summed E-state index contributed by atoms with van der Waals surface area (Å²) in [6.45, 7) is 4.16. The molecule has 0 aliphatic carbocycles.